The molecule has 0 aliphatic rings. The first-order chi connectivity index (χ1) is 9.82. The van der Waals surface area contributed by atoms with Gasteiger partial charge in [-0.2, -0.15) is 0 Å². The van der Waals surface area contributed by atoms with Gasteiger partial charge in [-0.25, -0.2) is 4.79 Å². The van der Waals surface area contributed by atoms with E-state index in [1.54, 1.807) is 0 Å². The van der Waals surface area contributed by atoms with Crippen molar-refractivity contribution in [3.8, 4) is 0 Å². The van der Waals surface area contributed by atoms with Gasteiger partial charge < -0.3 is 14.9 Å². The highest BCUT2D eigenvalue weighted by molar-refractivity contribution is 5.87. The molecule has 0 heterocycles. The molecule has 0 radical (unpaired) electrons. The molecule has 1 unspecified atom stereocenters. The van der Waals surface area contributed by atoms with E-state index in [-0.39, 0.29) is 18.9 Å². The van der Waals surface area contributed by atoms with Crippen LogP contribution in [-0.4, -0.2) is 59.4 Å². The van der Waals surface area contributed by atoms with Gasteiger partial charge in [0, 0.05) is 27.4 Å². The lowest BCUT2D eigenvalue weighted by atomic mass is 10.0. The Morgan fingerprint density at radius 3 is 2.19 bits per heavy atom. The van der Waals surface area contributed by atoms with Gasteiger partial charge in [0.2, 0.25) is 11.8 Å². The molecule has 114 valence electrons. The maximum absolute atomic E-state index is 12.1. The lowest BCUT2D eigenvalue weighted by Gasteiger charge is -2.27. The molecule has 1 aromatic rings. The number of benzene rings is 1. The fourth-order valence-electron chi connectivity index (χ4n) is 1.83. The molecule has 6 nitrogen and oxygen atoms in total. The van der Waals surface area contributed by atoms with E-state index in [0.29, 0.717) is 0 Å². The number of hydrogen-bond donors (Lipinski definition) is 1. The summed E-state index contributed by atoms with van der Waals surface area (Å²) in [6.45, 7) is 1.22. The van der Waals surface area contributed by atoms with Crippen LogP contribution >= 0.6 is 0 Å². The van der Waals surface area contributed by atoms with Gasteiger partial charge in [0.15, 0.2) is 0 Å². The second-order valence-corrected chi connectivity index (χ2v) is 4.92. The quantitative estimate of drug-likeness (QED) is 0.833. The summed E-state index contributed by atoms with van der Waals surface area (Å²) >= 11 is 0. The molecule has 0 aliphatic carbocycles. The molecule has 1 N–H and O–H groups in total. The normalized spacial score (nSPS) is 11.6. The van der Waals surface area contributed by atoms with Gasteiger partial charge in [-0.15, -0.1) is 0 Å². The van der Waals surface area contributed by atoms with Crippen LogP contribution in [0.1, 0.15) is 12.5 Å². The van der Waals surface area contributed by atoms with E-state index >= 15 is 0 Å². The van der Waals surface area contributed by atoms with Crippen molar-refractivity contribution in [2.75, 3.05) is 20.6 Å². The summed E-state index contributed by atoms with van der Waals surface area (Å²) in [6.07, 6.45) is 0.224. The Morgan fingerprint density at radius 1 is 1.14 bits per heavy atom. The number of hydrogen-bond acceptors (Lipinski definition) is 3. The number of likely N-dealkylation sites (N-methyl/N-ethyl adjacent to an activating group) is 2. The molecule has 21 heavy (non-hydrogen) atoms. The van der Waals surface area contributed by atoms with Gasteiger partial charge in [-0.3, -0.25) is 9.59 Å². The number of carbonyl (C=O) groups excluding carboxylic acids is 2. The lowest BCUT2D eigenvalue weighted by molar-refractivity contribution is -0.150. The lowest BCUT2D eigenvalue weighted by Crippen LogP contribution is -2.47. The molecule has 0 aliphatic heterocycles. The summed E-state index contributed by atoms with van der Waals surface area (Å²) in [6, 6.07) is 8.15. The number of carbonyl (C=O) groups is 3. The highest BCUT2D eigenvalue weighted by atomic mass is 16.4. The molecule has 1 aromatic carbocycles. The van der Waals surface area contributed by atoms with Crippen LogP contribution in [0.15, 0.2) is 30.3 Å². The van der Waals surface area contributed by atoms with Gasteiger partial charge in [0.1, 0.15) is 6.04 Å². The minimum absolute atomic E-state index is 0.135. The summed E-state index contributed by atoms with van der Waals surface area (Å²) in [4.78, 5) is 37.0. The van der Waals surface area contributed by atoms with Crippen LogP contribution in [0, 0.1) is 0 Å². The van der Waals surface area contributed by atoms with Crippen molar-refractivity contribution in [2.45, 2.75) is 19.4 Å². The summed E-state index contributed by atoms with van der Waals surface area (Å²) in [5, 5.41) is 9.32. The van der Waals surface area contributed by atoms with Crippen LogP contribution in [0.2, 0.25) is 0 Å². The Bertz CT molecular complexity index is 516. The first-order valence-electron chi connectivity index (χ1n) is 6.57. The SMILES string of the molecule is CC(=O)N(C)CC(=O)N(C)C(Cc1ccccc1)C(=O)O. The summed E-state index contributed by atoms with van der Waals surface area (Å²) in [5.74, 6) is -1.72. The number of carboxylic acid groups (broad SMARTS) is 1. The molecular weight excluding hydrogens is 272 g/mol. The van der Waals surface area contributed by atoms with E-state index in [2.05, 4.69) is 0 Å². The third kappa shape index (κ3) is 4.91. The number of nitrogens with zero attached hydrogens (tertiary/aromatic N) is 2. The van der Waals surface area contributed by atoms with Crippen LogP contribution in [0.25, 0.3) is 0 Å². The fraction of sp³-hybridized carbons (Fsp3) is 0.400. The first kappa shape index (κ1) is 16.7. The highest BCUT2D eigenvalue weighted by Gasteiger charge is 2.27. The Hall–Kier alpha value is -2.37. The predicted molar refractivity (Wildman–Crippen MR) is 77.7 cm³/mol. The van der Waals surface area contributed by atoms with Crippen molar-refractivity contribution in [3.05, 3.63) is 35.9 Å². The molecule has 0 bridgehead atoms. The summed E-state index contributed by atoms with van der Waals surface area (Å²) in [5.41, 5.74) is 0.837. The van der Waals surface area contributed by atoms with E-state index in [4.69, 9.17) is 0 Å². The van der Waals surface area contributed by atoms with Crippen LogP contribution in [0.4, 0.5) is 0 Å². The average Bonchev–Trinajstić information content (AvgIpc) is 2.44. The molecule has 1 atom stereocenters. The van der Waals surface area contributed by atoms with Crippen molar-refractivity contribution in [1.29, 1.82) is 0 Å². The third-order valence-electron chi connectivity index (χ3n) is 3.33. The zero-order chi connectivity index (χ0) is 16.0. The number of amides is 2. The number of carboxylic acids is 1. The molecular formula is C15H20N2O4. The van der Waals surface area contributed by atoms with Gasteiger partial charge in [-0.05, 0) is 5.56 Å². The molecule has 0 aromatic heterocycles. The van der Waals surface area contributed by atoms with E-state index in [9.17, 15) is 19.5 Å². The minimum Gasteiger partial charge on any atom is -0.480 e. The Labute approximate surface area is 124 Å². The maximum atomic E-state index is 12.1. The Morgan fingerprint density at radius 2 is 1.71 bits per heavy atom. The largest absolute Gasteiger partial charge is 0.480 e. The van der Waals surface area contributed by atoms with Crippen molar-refractivity contribution in [3.63, 3.8) is 0 Å². The Balaban J connectivity index is 2.78. The molecule has 2 amide bonds. The van der Waals surface area contributed by atoms with Gasteiger partial charge in [0.05, 0.1) is 6.54 Å². The molecule has 0 saturated heterocycles. The summed E-state index contributed by atoms with van der Waals surface area (Å²) in [7, 11) is 2.94. The van der Waals surface area contributed by atoms with Gasteiger partial charge in [-0.1, -0.05) is 30.3 Å². The van der Waals surface area contributed by atoms with Crippen molar-refractivity contribution < 1.29 is 19.5 Å². The predicted octanol–water partition coefficient (Wildman–Crippen LogP) is 0.619. The van der Waals surface area contributed by atoms with Crippen LogP contribution in [-0.2, 0) is 20.8 Å². The number of rotatable bonds is 6. The van der Waals surface area contributed by atoms with E-state index in [1.165, 1.54) is 30.8 Å². The van der Waals surface area contributed by atoms with E-state index < -0.39 is 17.9 Å². The second-order valence-electron chi connectivity index (χ2n) is 4.92. The van der Waals surface area contributed by atoms with Crippen molar-refractivity contribution in [1.82, 2.24) is 9.80 Å². The van der Waals surface area contributed by atoms with Crippen LogP contribution in [0.5, 0.6) is 0 Å². The van der Waals surface area contributed by atoms with Crippen molar-refractivity contribution >= 4 is 17.8 Å². The molecule has 1 rings (SSSR count). The first-order valence-corrected chi connectivity index (χ1v) is 6.57. The second kappa shape index (κ2) is 7.42. The van der Waals surface area contributed by atoms with Gasteiger partial charge in [0.25, 0.3) is 0 Å². The van der Waals surface area contributed by atoms with E-state index in [0.717, 1.165) is 5.56 Å². The monoisotopic (exact) mass is 292 g/mol. The van der Waals surface area contributed by atoms with Gasteiger partial charge >= 0.3 is 5.97 Å². The maximum Gasteiger partial charge on any atom is 0.326 e. The molecule has 6 heteroatoms. The summed E-state index contributed by atoms with van der Waals surface area (Å²) < 4.78 is 0. The zero-order valence-electron chi connectivity index (χ0n) is 12.4. The smallest absolute Gasteiger partial charge is 0.326 e. The zero-order valence-corrected chi connectivity index (χ0v) is 12.4. The van der Waals surface area contributed by atoms with Crippen molar-refractivity contribution in [2.24, 2.45) is 0 Å². The molecule has 0 spiro atoms. The minimum atomic E-state index is -1.07. The average molecular weight is 292 g/mol. The van der Waals surface area contributed by atoms with E-state index in [1.807, 2.05) is 30.3 Å². The third-order valence-corrected chi connectivity index (χ3v) is 3.33. The van der Waals surface area contributed by atoms with Crippen LogP contribution in [0.3, 0.4) is 0 Å². The standard InChI is InChI=1S/C15H20N2O4/c1-11(18)16(2)10-14(19)17(3)13(15(20)21)9-12-7-5-4-6-8-12/h4-8,13H,9-10H2,1-3H3,(H,20,21). The fourth-order valence-corrected chi connectivity index (χ4v) is 1.83. The number of aliphatic carboxylic acids is 1. The molecule has 0 fully saturated rings. The van der Waals surface area contributed by atoms with Crippen LogP contribution < -0.4 is 0 Å². The topological polar surface area (TPSA) is 77.9 Å². The highest BCUT2D eigenvalue weighted by Crippen LogP contribution is 2.09. The Kier molecular flexibility index (Phi) is 5.90. The molecule has 0 saturated carbocycles.